The highest BCUT2D eigenvalue weighted by atomic mass is 32.2. The summed E-state index contributed by atoms with van der Waals surface area (Å²) in [5.41, 5.74) is 5.88. The van der Waals surface area contributed by atoms with Gasteiger partial charge >= 0.3 is 0 Å². The van der Waals surface area contributed by atoms with Crippen LogP contribution in [0.25, 0.3) is 10.9 Å². The van der Waals surface area contributed by atoms with Crippen molar-refractivity contribution < 1.29 is 4.79 Å². The summed E-state index contributed by atoms with van der Waals surface area (Å²) >= 11 is 1.23. The highest BCUT2D eigenvalue weighted by Gasteiger charge is 2.19. The van der Waals surface area contributed by atoms with Crippen LogP contribution in [0.15, 0.2) is 34.2 Å². The van der Waals surface area contributed by atoms with Crippen LogP contribution in [-0.4, -0.2) is 20.7 Å². The Kier molecular flexibility index (Phi) is 4.67. The third kappa shape index (κ3) is 3.10. The second kappa shape index (κ2) is 6.30. The second-order valence-electron chi connectivity index (χ2n) is 5.01. The van der Waals surface area contributed by atoms with E-state index in [9.17, 15) is 9.59 Å². The zero-order chi connectivity index (χ0) is 15.6. The normalized spacial score (nSPS) is 14.0. The molecule has 0 unspecified atom stereocenters. The van der Waals surface area contributed by atoms with Crippen molar-refractivity contribution in [2.45, 2.75) is 43.6 Å². The fourth-order valence-electron chi connectivity index (χ4n) is 2.00. The van der Waals surface area contributed by atoms with Gasteiger partial charge in [-0.3, -0.25) is 14.2 Å². The lowest BCUT2D eigenvalue weighted by Crippen LogP contribution is -2.28. The molecular weight excluding hydrogens is 286 g/mol. The minimum atomic E-state index is -0.437. The molecule has 2 N–H and O–H groups in total. The van der Waals surface area contributed by atoms with Gasteiger partial charge in [0.2, 0.25) is 5.91 Å². The van der Waals surface area contributed by atoms with Crippen LogP contribution in [0.1, 0.15) is 33.2 Å². The standard InChI is InChI=1S/C15H19N3O2S/c1-4-9(2)18-14(20)11-7-5-6-8-12(11)17-15(18)21-10(3)13(16)19/h5-10H,4H2,1-3H3,(H2,16,19)/t9-,10-/m0/s1. The third-order valence-corrected chi connectivity index (χ3v) is 4.57. The average Bonchev–Trinajstić information content (AvgIpc) is 2.46. The second-order valence-corrected chi connectivity index (χ2v) is 6.31. The zero-order valence-corrected chi connectivity index (χ0v) is 13.2. The van der Waals surface area contributed by atoms with Crippen LogP contribution in [0.3, 0.4) is 0 Å². The molecule has 21 heavy (non-hydrogen) atoms. The first-order valence-corrected chi connectivity index (χ1v) is 7.81. The summed E-state index contributed by atoms with van der Waals surface area (Å²) in [6.07, 6.45) is 0.804. The summed E-state index contributed by atoms with van der Waals surface area (Å²) in [6, 6.07) is 7.25. The molecule has 2 atom stereocenters. The van der Waals surface area contributed by atoms with Crippen molar-refractivity contribution in [2.24, 2.45) is 5.73 Å². The van der Waals surface area contributed by atoms with Crippen LogP contribution < -0.4 is 11.3 Å². The van der Waals surface area contributed by atoms with E-state index in [0.717, 1.165) is 6.42 Å². The lowest BCUT2D eigenvalue weighted by molar-refractivity contribution is -0.117. The average molecular weight is 305 g/mol. The number of thioether (sulfide) groups is 1. The van der Waals surface area contributed by atoms with Crippen LogP contribution >= 0.6 is 11.8 Å². The van der Waals surface area contributed by atoms with Crippen LogP contribution in [0.5, 0.6) is 0 Å². The summed E-state index contributed by atoms with van der Waals surface area (Å²) in [7, 11) is 0. The van der Waals surface area contributed by atoms with E-state index in [2.05, 4.69) is 4.98 Å². The van der Waals surface area contributed by atoms with Crippen molar-refractivity contribution in [1.82, 2.24) is 9.55 Å². The first kappa shape index (κ1) is 15.6. The third-order valence-electron chi connectivity index (χ3n) is 3.49. The number of rotatable bonds is 5. The van der Waals surface area contributed by atoms with Gasteiger partial charge in [0.05, 0.1) is 16.2 Å². The minimum absolute atomic E-state index is 0.0113. The Morgan fingerprint density at radius 2 is 2.05 bits per heavy atom. The maximum absolute atomic E-state index is 12.7. The summed E-state index contributed by atoms with van der Waals surface area (Å²) in [4.78, 5) is 28.5. The van der Waals surface area contributed by atoms with Crippen molar-refractivity contribution in [3.63, 3.8) is 0 Å². The molecule has 0 aliphatic carbocycles. The van der Waals surface area contributed by atoms with Gasteiger partial charge in [-0.25, -0.2) is 4.98 Å². The molecule has 1 amide bonds. The molecule has 0 fully saturated rings. The first-order chi connectivity index (χ1) is 9.95. The molecule has 0 saturated carbocycles. The van der Waals surface area contributed by atoms with E-state index < -0.39 is 11.2 Å². The number of amides is 1. The number of nitrogens with two attached hydrogens (primary N) is 1. The number of hydrogen-bond donors (Lipinski definition) is 1. The minimum Gasteiger partial charge on any atom is -0.369 e. The van der Waals surface area contributed by atoms with Gasteiger partial charge in [-0.2, -0.15) is 0 Å². The Morgan fingerprint density at radius 1 is 1.38 bits per heavy atom. The summed E-state index contributed by atoms with van der Waals surface area (Å²) in [5, 5.41) is 0.696. The number of nitrogens with zero attached hydrogens (tertiary/aromatic N) is 2. The van der Waals surface area contributed by atoms with Crippen molar-refractivity contribution >= 4 is 28.6 Å². The molecule has 0 aliphatic heterocycles. The Hall–Kier alpha value is -1.82. The molecule has 112 valence electrons. The van der Waals surface area contributed by atoms with E-state index in [1.165, 1.54) is 11.8 Å². The maximum atomic E-state index is 12.7. The molecule has 2 rings (SSSR count). The van der Waals surface area contributed by atoms with Crippen molar-refractivity contribution in [1.29, 1.82) is 0 Å². The predicted octanol–water partition coefficient (Wildman–Crippen LogP) is 2.33. The van der Waals surface area contributed by atoms with Gasteiger partial charge in [0.15, 0.2) is 5.16 Å². The highest BCUT2D eigenvalue weighted by Crippen LogP contribution is 2.25. The van der Waals surface area contributed by atoms with Gasteiger partial charge in [-0.15, -0.1) is 0 Å². The molecule has 1 aromatic carbocycles. The van der Waals surface area contributed by atoms with E-state index in [0.29, 0.717) is 16.1 Å². The molecule has 6 heteroatoms. The lowest BCUT2D eigenvalue weighted by atomic mass is 10.2. The molecule has 1 aromatic heterocycles. The first-order valence-electron chi connectivity index (χ1n) is 6.93. The fraction of sp³-hybridized carbons (Fsp3) is 0.400. The van der Waals surface area contributed by atoms with Crippen molar-refractivity contribution in [2.75, 3.05) is 0 Å². The number of hydrogen-bond acceptors (Lipinski definition) is 4. The van der Waals surface area contributed by atoms with Crippen LogP contribution in [0.2, 0.25) is 0 Å². The smallest absolute Gasteiger partial charge is 0.262 e. The molecule has 0 spiro atoms. The van der Waals surface area contributed by atoms with Crippen LogP contribution in [0, 0.1) is 0 Å². The largest absolute Gasteiger partial charge is 0.369 e. The summed E-state index contributed by atoms with van der Waals surface area (Å²) < 4.78 is 1.66. The molecule has 2 aromatic rings. The van der Waals surface area contributed by atoms with E-state index in [1.807, 2.05) is 26.0 Å². The van der Waals surface area contributed by atoms with Crippen molar-refractivity contribution in [3.8, 4) is 0 Å². The Balaban J connectivity index is 2.66. The monoisotopic (exact) mass is 305 g/mol. The molecule has 0 bridgehead atoms. The Labute approximate surface area is 127 Å². The SMILES string of the molecule is CC[C@H](C)n1c(S[C@@H](C)C(N)=O)nc2ccccc2c1=O. The molecule has 0 saturated heterocycles. The summed E-state index contributed by atoms with van der Waals surface area (Å²) in [5.74, 6) is -0.418. The fourth-order valence-corrected chi connectivity index (χ4v) is 2.96. The van der Waals surface area contributed by atoms with Gasteiger partial charge in [0.1, 0.15) is 0 Å². The molecule has 1 heterocycles. The lowest BCUT2D eigenvalue weighted by Gasteiger charge is -2.19. The van der Waals surface area contributed by atoms with Crippen LogP contribution in [-0.2, 0) is 4.79 Å². The maximum Gasteiger partial charge on any atom is 0.262 e. The van der Waals surface area contributed by atoms with Gasteiger partial charge in [-0.05, 0) is 32.4 Å². The zero-order valence-electron chi connectivity index (χ0n) is 12.4. The number of aromatic nitrogens is 2. The molecule has 0 aliphatic rings. The van der Waals surface area contributed by atoms with Gasteiger partial charge in [0, 0.05) is 6.04 Å². The molecular formula is C15H19N3O2S. The highest BCUT2D eigenvalue weighted by molar-refractivity contribution is 8.00. The van der Waals surface area contributed by atoms with Gasteiger partial charge < -0.3 is 5.73 Å². The van der Waals surface area contributed by atoms with Crippen LogP contribution in [0.4, 0.5) is 0 Å². The number of fused-ring (bicyclic) bond motifs is 1. The Bertz CT molecular complexity index is 726. The molecule has 5 nitrogen and oxygen atoms in total. The number of primary amides is 1. The van der Waals surface area contributed by atoms with E-state index in [-0.39, 0.29) is 11.6 Å². The van der Waals surface area contributed by atoms with E-state index in [1.54, 1.807) is 23.6 Å². The van der Waals surface area contributed by atoms with E-state index in [4.69, 9.17) is 5.73 Å². The number of carbonyl (C=O) groups excluding carboxylic acids is 1. The predicted molar refractivity (Wildman–Crippen MR) is 85.5 cm³/mol. The summed E-state index contributed by atoms with van der Waals surface area (Å²) in [6.45, 7) is 5.70. The van der Waals surface area contributed by atoms with E-state index >= 15 is 0 Å². The van der Waals surface area contributed by atoms with Crippen molar-refractivity contribution in [3.05, 3.63) is 34.6 Å². The quantitative estimate of drug-likeness (QED) is 0.679. The Morgan fingerprint density at radius 3 is 2.67 bits per heavy atom. The molecule has 0 radical (unpaired) electrons. The topological polar surface area (TPSA) is 78.0 Å². The van der Waals surface area contributed by atoms with Gasteiger partial charge in [0.25, 0.3) is 5.56 Å². The van der Waals surface area contributed by atoms with Gasteiger partial charge in [-0.1, -0.05) is 30.8 Å². The number of para-hydroxylation sites is 1. The number of carbonyl (C=O) groups is 1. The number of benzene rings is 1.